The normalized spacial score (nSPS) is 15.2. The summed E-state index contributed by atoms with van der Waals surface area (Å²) >= 11 is 5.98. The third-order valence-corrected chi connectivity index (χ3v) is 5.80. The molecule has 0 spiro atoms. The van der Waals surface area contributed by atoms with Crippen molar-refractivity contribution in [3.05, 3.63) is 58.1 Å². The van der Waals surface area contributed by atoms with Crippen LogP contribution in [0.3, 0.4) is 0 Å². The molecule has 1 fully saturated rings. The van der Waals surface area contributed by atoms with Gasteiger partial charge in [-0.05, 0) is 61.9 Å². The molecule has 6 nitrogen and oxygen atoms in total. The molecule has 1 aliphatic heterocycles. The van der Waals surface area contributed by atoms with E-state index in [1.54, 1.807) is 0 Å². The van der Waals surface area contributed by atoms with Crippen LogP contribution in [0.15, 0.2) is 30.5 Å². The summed E-state index contributed by atoms with van der Waals surface area (Å²) in [5.41, 5.74) is 4.73. The number of rotatable bonds is 4. The fraction of sp³-hybridized carbons (Fsp3) is 0.381. The summed E-state index contributed by atoms with van der Waals surface area (Å²) in [4.78, 5) is 23.0. The fourth-order valence-corrected chi connectivity index (χ4v) is 4.03. The maximum Gasteiger partial charge on any atom is 0.274 e. The van der Waals surface area contributed by atoms with Gasteiger partial charge in [-0.15, -0.1) is 0 Å². The van der Waals surface area contributed by atoms with Crippen LogP contribution in [0.4, 0.5) is 0 Å². The van der Waals surface area contributed by atoms with Crippen molar-refractivity contribution in [2.24, 2.45) is 0 Å². The molecule has 3 aromatic rings. The van der Waals surface area contributed by atoms with Crippen molar-refractivity contribution < 1.29 is 4.79 Å². The summed E-state index contributed by atoms with van der Waals surface area (Å²) in [6, 6.07) is 7.48. The highest BCUT2D eigenvalue weighted by Crippen LogP contribution is 2.30. The summed E-state index contributed by atoms with van der Waals surface area (Å²) in [5, 5.41) is 7.82. The van der Waals surface area contributed by atoms with Crippen molar-refractivity contribution in [2.75, 3.05) is 13.1 Å². The number of H-pyrrole nitrogens is 2. The van der Waals surface area contributed by atoms with Crippen molar-refractivity contribution >= 4 is 17.5 Å². The molecule has 1 aliphatic rings. The number of aryl methyl sites for hydroxylation is 2. The first-order valence-electron chi connectivity index (χ1n) is 9.70. The predicted molar refractivity (Wildman–Crippen MR) is 110 cm³/mol. The Morgan fingerprint density at radius 2 is 1.96 bits per heavy atom. The lowest BCUT2D eigenvalue weighted by Gasteiger charge is -2.31. The van der Waals surface area contributed by atoms with Crippen LogP contribution in [0.1, 0.15) is 53.1 Å². The van der Waals surface area contributed by atoms with Crippen molar-refractivity contribution in [1.82, 2.24) is 25.1 Å². The van der Waals surface area contributed by atoms with E-state index in [2.05, 4.69) is 27.1 Å². The Morgan fingerprint density at radius 1 is 1.25 bits per heavy atom. The highest BCUT2D eigenvalue weighted by atomic mass is 35.5. The minimum Gasteiger partial charge on any atom is -0.341 e. The van der Waals surface area contributed by atoms with Gasteiger partial charge in [-0.25, -0.2) is 4.98 Å². The number of nitrogens with one attached hydrogen (secondary N) is 2. The fourth-order valence-electron chi connectivity index (χ4n) is 3.90. The first kappa shape index (κ1) is 18.7. The van der Waals surface area contributed by atoms with Crippen LogP contribution in [0.25, 0.3) is 11.4 Å². The highest BCUT2D eigenvalue weighted by Gasteiger charge is 2.28. The Kier molecular flexibility index (Phi) is 5.22. The Balaban J connectivity index is 1.50. The lowest BCUT2D eigenvalue weighted by atomic mass is 9.90. The summed E-state index contributed by atoms with van der Waals surface area (Å²) in [7, 11) is 0. The molecule has 28 heavy (non-hydrogen) atoms. The lowest BCUT2D eigenvalue weighted by Crippen LogP contribution is -2.38. The highest BCUT2D eigenvalue weighted by molar-refractivity contribution is 6.30. The molecule has 4 rings (SSSR count). The summed E-state index contributed by atoms with van der Waals surface area (Å²) < 4.78 is 0. The molecule has 0 saturated carbocycles. The van der Waals surface area contributed by atoms with Crippen LogP contribution in [0.2, 0.25) is 5.02 Å². The quantitative estimate of drug-likeness (QED) is 0.687. The van der Waals surface area contributed by atoms with Gasteiger partial charge in [0, 0.05) is 35.1 Å². The average molecular weight is 398 g/mol. The van der Waals surface area contributed by atoms with Crippen LogP contribution < -0.4 is 0 Å². The number of carbonyl (C=O) groups is 1. The van der Waals surface area contributed by atoms with E-state index >= 15 is 0 Å². The molecule has 3 heterocycles. The van der Waals surface area contributed by atoms with Gasteiger partial charge in [-0.3, -0.25) is 9.89 Å². The summed E-state index contributed by atoms with van der Waals surface area (Å²) in [6.07, 6.45) is 4.54. The van der Waals surface area contributed by atoms with E-state index in [4.69, 9.17) is 11.6 Å². The van der Waals surface area contributed by atoms with E-state index in [9.17, 15) is 4.79 Å². The molecule has 1 aromatic carbocycles. The molecule has 7 heteroatoms. The second-order valence-corrected chi connectivity index (χ2v) is 7.73. The molecule has 146 valence electrons. The number of aromatic amines is 2. The molecule has 0 atom stereocenters. The van der Waals surface area contributed by atoms with Crippen LogP contribution in [-0.2, 0) is 6.42 Å². The molecular weight excluding hydrogens is 374 g/mol. The monoisotopic (exact) mass is 397 g/mol. The Morgan fingerprint density at radius 3 is 2.57 bits per heavy atom. The van der Waals surface area contributed by atoms with E-state index in [-0.39, 0.29) is 5.91 Å². The minimum absolute atomic E-state index is 0.00989. The Hall–Kier alpha value is -2.60. The lowest BCUT2D eigenvalue weighted by molar-refractivity contribution is 0.0706. The Bertz CT molecular complexity index is 967. The van der Waals surface area contributed by atoms with E-state index < -0.39 is 0 Å². The maximum atomic E-state index is 13.1. The molecular formula is C21H24ClN5O. The predicted octanol–water partition coefficient (Wildman–Crippen LogP) is 4.34. The van der Waals surface area contributed by atoms with E-state index in [0.717, 1.165) is 49.3 Å². The van der Waals surface area contributed by atoms with Gasteiger partial charge in [0.1, 0.15) is 11.5 Å². The SMILES string of the molecule is CCc1[nH]c(-c2ccc(Cl)cc2)nc1C(=O)N1CCC(c2cn[nH]c2C)CC1. The molecule has 0 radical (unpaired) electrons. The minimum atomic E-state index is 0.00989. The van der Waals surface area contributed by atoms with Gasteiger partial charge in [0.05, 0.1) is 6.20 Å². The van der Waals surface area contributed by atoms with Crippen LogP contribution >= 0.6 is 11.6 Å². The maximum absolute atomic E-state index is 13.1. The van der Waals surface area contributed by atoms with Crippen molar-refractivity contribution in [3.8, 4) is 11.4 Å². The van der Waals surface area contributed by atoms with Gasteiger partial charge in [-0.2, -0.15) is 5.10 Å². The van der Waals surface area contributed by atoms with Crippen molar-refractivity contribution in [1.29, 1.82) is 0 Å². The van der Waals surface area contributed by atoms with E-state index in [0.29, 0.717) is 22.5 Å². The van der Waals surface area contributed by atoms with Gasteiger partial charge < -0.3 is 9.88 Å². The van der Waals surface area contributed by atoms with Gasteiger partial charge >= 0.3 is 0 Å². The van der Waals surface area contributed by atoms with Crippen molar-refractivity contribution in [2.45, 2.75) is 39.0 Å². The van der Waals surface area contributed by atoms with Crippen molar-refractivity contribution in [3.63, 3.8) is 0 Å². The number of likely N-dealkylation sites (tertiary alicyclic amines) is 1. The molecule has 2 aromatic heterocycles. The molecule has 0 unspecified atom stereocenters. The number of halogens is 1. The number of hydrogen-bond donors (Lipinski definition) is 2. The zero-order valence-electron chi connectivity index (χ0n) is 16.1. The molecule has 1 amide bonds. The second-order valence-electron chi connectivity index (χ2n) is 7.29. The largest absolute Gasteiger partial charge is 0.341 e. The number of nitrogens with zero attached hydrogens (tertiary/aromatic N) is 3. The summed E-state index contributed by atoms with van der Waals surface area (Å²) in [5.74, 6) is 1.17. The van der Waals surface area contributed by atoms with Crippen LogP contribution in [0.5, 0.6) is 0 Å². The summed E-state index contributed by atoms with van der Waals surface area (Å²) in [6.45, 7) is 5.56. The first-order chi connectivity index (χ1) is 13.6. The van der Waals surface area contributed by atoms with Gasteiger partial charge in [0.15, 0.2) is 0 Å². The number of carbonyl (C=O) groups excluding carboxylic acids is 1. The molecule has 0 bridgehead atoms. The van der Waals surface area contributed by atoms with Gasteiger partial charge in [-0.1, -0.05) is 18.5 Å². The number of hydrogen-bond acceptors (Lipinski definition) is 3. The third-order valence-electron chi connectivity index (χ3n) is 5.54. The van der Waals surface area contributed by atoms with Crippen LogP contribution in [-0.4, -0.2) is 44.1 Å². The second kappa shape index (κ2) is 7.80. The first-order valence-corrected chi connectivity index (χ1v) is 10.1. The molecule has 1 saturated heterocycles. The number of piperidine rings is 1. The van der Waals surface area contributed by atoms with E-state index in [1.807, 2.05) is 42.3 Å². The zero-order valence-corrected chi connectivity index (χ0v) is 16.9. The zero-order chi connectivity index (χ0) is 19.7. The topological polar surface area (TPSA) is 77.7 Å². The smallest absolute Gasteiger partial charge is 0.274 e. The number of amides is 1. The average Bonchev–Trinajstić information content (AvgIpc) is 3.34. The number of benzene rings is 1. The van der Waals surface area contributed by atoms with Crippen LogP contribution in [0, 0.1) is 6.92 Å². The van der Waals surface area contributed by atoms with Gasteiger partial charge in [0.25, 0.3) is 5.91 Å². The van der Waals surface area contributed by atoms with Gasteiger partial charge in [0.2, 0.25) is 0 Å². The number of aromatic nitrogens is 4. The molecule has 2 N–H and O–H groups in total. The van der Waals surface area contributed by atoms with E-state index in [1.165, 1.54) is 5.56 Å². The standard InChI is InChI=1S/C21H24ClN5O/c1-3-18-19(25-20(24-18)15-4-6-16(22)7-5-15)21(28)27-10-8-14(9-11-27)17-12-23-26-13(17)2/h4-7,12,14H,3,8-11H2,1-2H3,(H,23,26)(H,24,25). The number of imidazole rings is 1. The molecule has 0 aliphatic carbocycles. The Labute approximate surface area is 169 Å². The third kappa shape index (κ3) is 3.56.